The summed E-state index contributed by atoms with van der Waals surface area (Å²) in [5.74, 6) is -1.77. The molecule has 0 aromatic carbocycles. The molecule has 3 N–H and O–H groups in total. The summed E-state index contributed by atoms with van der Waals surface area (Å²) < 4.78 is 12.0. The van der Waals surface area contributed by atoms with Crippen molar-refractivity contribution in [3.05, 3.63) is 12.2 Å². The number of hydrogen-bond acceptors (Lipinski definition) is 6. The van der Waals surface area contributed by atoms with Gasteiger partial charge in [-0.15, -0.1) is 5.10 Å². The van der Waals surface area contributed by atoms with Gasteiger partial charge in [0.25, 0.3) is 5.91 Å². The molecule has 1 amide bonds. The third-order valence-corrected chi connectivity index (χ3v) is 2.64. The van der Waals surface area contributed by atoms with Crippen molar-refractivity contribution in [2.75, 3.05) is 13.2 Å². The van der Waals surface area contributed by atoms with Crippen LogP contribution in [0, 0.1) is 0 Å². The zero-order valence-electron chi connectivity index (χ0n) is 10.1. The van der Waals surface area contributed by atoms with Gasteiger partial charge in [-0.25, -0.2) is 14.5 Å². The van der Waals surface area contributed by atoms with Crippen LogP contribution in [0.4, 0.5) is 0 Å². The molecule has 0 radical (unpaired) electrons. The molecule has 0 saturated carbocycles. The minimum atomic E-state index is -1.02. The molecule has 1 aromatic heterocycles. The Bertz CT molecular complexity index is 474. The fourth-order valence-corrected chi connectivity index (χ4v) is 1.81. The van der Waals surface area contributed by atoms with Crippen molar-refractivity contribution in [1.29, 1.82) is 0 Å². The van der Waals surface area contributed by atoms with Gasteiger partial charge < -0.3 is 20.3 Å². The van der Waals surface area contributed by atoms with Gasteiger partial charge in [-0.3, -0.25) is 4.79 Å². The maximum absolute atomic E-state index is 10.9. The Morgan fingerprint density at radius 2 is 2.37 bits per heavy atom. The number of carboxylic acids is 1. The van der Waals surface area contributed by atoms with Crippen LogP contribution < -0.4 is 5.73 Å². The molecule has 1 fully saturated rings. The van der Waals surface area contributed by atoms with Gasteiger partial charge in [-0.2, -0.15) is 0 Å². The summed E-state index contributed by atoms with van der Waals surface area (Å²) in [7, 11) is 0. The molecule has 2 heterocycles. The van der Waals surface area contributed by atoms with Crippen LogP contribution in [0.2, 0.25) is 0 Å². The van der Waals surface area contributed by atoms with E-state index in [1.165, 1.54) is 11.0 Å². The van der Waals surface area contributed by atoms with Gasteiger partial charge in [0.05, 0.1) is 12.7 Å². The maximum Gasteiger partial charge on any atom is 0.329 e. The van der Waals surface area contributed by atoms with E-state index >= 15 is 0 Å². The highest BCUT2D eigenvalue weighted by Gasteiger charge is 2.28. The maximum atomic E-state index is 10.9. The molecule has 1 saturated heterocycles. The van der Waals surface area contributed by atoms with E-state index < -0.39 is 11.9 Å². The lowest BCUT2D eigenvalue weighted by Crippen LogP contribution is -2.20. The van der Waals surface area contributed by atoms with Crippen LogP contribution in [0.1, 0.15) is 29.7 Å². The van der Waals surface area contributed by atoms with Crippen LogP contribution in [-0.2, 0) is 14.3 Å². The summed E-state index contributed by atoms with van der Waals surface area (Å²) in [5.41, 5.74) is 5.05. The molecule has 0 unspecified atom stereocenters. The zero-order chi connectivity index (χ0) is 13.8. The standard InChI is InChI=1S/C10H14N4O5/c11-9(17)10-12-5-14(13-10)7-2-1-6(19-7)3-18-4-8(15)16/h5-7H,1-4H2,(H2,11,17)(H,15,16)/t6-,7+/m0/s1. The number of carbonyl (C=O) groups is 2. The van der Waals surface area contributed by atoms with Crippen molar-refractivity contribution in [3.8, 4) is 0 Å². The molecule has 9 nitrogen and oxygen atoms in total. The van der Waals surface area contributed by atoms with Gasteiger partial charge in [0.2, 0.25) is 5.82 Å². The number of carboxylic acid groups (broad SMARTS) is 1. The van der Waals surface area contributed by atoms with Gasteiger partial charge in [-0.05, 0) is 12.8 Å². The summed E-state index contributed by atoms with van der Waals surface area (Å²) >= 11 is 0. The first-order chi connectivity index (χ1) is 9.06. The highest BCUT2D eigenvalue weighted by atomic mass is 16.6. The van der Waals surface area contributed by atoms with Crippen molar-refractivity contribution in [2.45, 2.75) is 25.2 Å². The molecule has 19 heavy (non-hydrogen) atoms. The van der Waals surface area contributed by atoms with Crippen LogP contribution in [0.15, 0.2) is 6.33 Å². The van der Waals surface area contributed by atoms with E-state index in [0.717, 1.165) is 6.42 Å². The molecule has 2 atom stereocenters. The number of carbonyl (C=O) groups excluding carboxylic acids is 1. The van der Waals surface area contributed by atoms with Crippen LogP contribution in [0.5, 0.6) is 0 Å². The van der Waals surface area contributed by atoms with Gasteiger partial charge in [-0.1, -0.05) is 0 Å². The average Bonchev–Trinajstić information content (AvgIpc) is 2.95. The van der Waals surface area contributed by atoms with Crippen molar-refractivity contribution < 1.29 is 24.2 Å². The summed E-state index contributed by atoms with van der Waals surface area (Å²) in [4.78, 5) is 24.9. The van der Waals surface area contributed by atoms with Crippen molar-refractivity contribution >= 4 is 11.9 Å². The summed E-state index contributed by atoms with van der Waals surface area (Å²) in [6.45, 7) is -0.139. The summed E-state index contributed by atoms with van der Waals surface area (Å²) in [6, 6.07) is 0. The molecular formula is C10H14N4O5. The van der Waals surface area contributed by atoms with Crippen molar-refractivity contribution in [2.24, 2.45) is 5.73 Å². The highest BCUT2D eigenvalue weighted by Crippen LogP contribution is 2.27. The number of ether oxygens (including phenoxy) is 2. The number of nitrogens with two attached hydrogens (primary N) is 1. The first-order valence-corrected chi connectivity index (χ1v) is 5.72. The lowest BCUT2D eigenvalue weighted by molar-refractivity contribution is -0.144. The number of hydrogen-bond donors (Lipinski definition) is 2. The van der Waals surface area contributed by atoms with E-state index in [-0.39, 0.29) is 31.4 Å². The molecule has 104 valence electrons. The summed E-state index contributed by atoms with van der Waals surface area (Å²) in [6.07, 6.45) is 2.26. The molecule has 1 aliphatic rings. The van der Waals surface area contributed by atoms with E-state index in [9.17, 15) is 9.59 Å². The third-order valence-electron chi connectivity index (χ3n) is 2.64. The van der Waals surface area contributed by atoms with E-state index in [1.54, 1.807) is 0 Å². The molecule has 9 heteroatoms. The fraction of sp³-hybridized carbons (Fsp3) is 0.600. The number of aromatic nitrogens is 3. The SMILES string of the molecule is NC(=O)c1ncn([C@H]2CC[C@@H](COCC(=O)O)O2)n1. The number of primary amides is 1. The van der Waals surface area contributed by atoms with Gasteiger partial charge >= 0.3 is 5.97 Å². The first-order valence-electron chi connectivity index (χ1n) is 5.72. The Labute approximate surface area is 108 Å². The lowest BCUT2D eigenvalue weighted by atomic mass is 10.2. The fourth-order valence-electron chi connectivity index (χ4n) is 1.81. The van der Waals surface area contributed by atoms with E-state index in [2.05, 4.69) is 10.1 Å². The van der Waals surface area contributed by atoms with E-state index in [4.69, 9.17) is 20.3 Å². The van der Waals surface area contributed by atoms with Crippen molar-refractivity contribution in [1.82, 2.24) is 14.8 Å². The topological polar surface area (TPSA) is 130 Å². The number of amides is 1. The quantitative estimate of drug-likeness (QED) is 0.688. The molecule has 0 spiro atoms. The van der Waals surface area contributed by atoms with Crippen LogP contribution in [-0.4, -0.2) is 51.1 Å². The second-order valence-corrected chi connectivity index (χ2v) is 4.11. The predicted octanol–water partition coefficient (Wildman–Crippen LogP) is -0.844. The minimum Gasteiger partial charge on any atom is -0.480 e. The number of rotatable bonds is 6. The molecule has 1 aliphatic heterocycles. The van der Waals surface area contributed by atoms with E-state index in [0.29, 0.717) is 6.42 Å². The number of aliphatic carboxylic acids is 1. The molecule has 0 aliphatic carbocycles. The predicted molar refractivity (Wildman–Crippen MR) is 60.1 cm³/mol. The molecular weight excluding hydrogens is 256 g/mol. The monoisotopic (exact) mass is 270 g/mol. The Hall–Kier alpha value is -2.00. The Balaban J connectivity index is 1.83. The Morgan fingerprint density at radius 1 is 1.58 bits per heavy atom. The smallest absolute Gasteiger partial charge is 0.329 e. The van der Waals surface area contributed by atoms with E-state index in [1.807, 2.05) is 0 Å². The van der Waals surface area contributed by atoms with Crippen LogP contribution in [0.3, 0.4) is 0 Å². The van der Waals surface area contributed by atoms with Crippen molar-refractivity contribution in [3.63, 3.8) is 0 Å². The third kappa shape index (κ3) is 3.48. The largest absolute Gasteiger partial charge is 0.480 e. The molecule has 0 bridgehead atoms. The van der Waals surface area contributed by atoms with Gasteiger partial charge in [0, 0.05) is 0 Å². The first kappa shape index (κ1) is 13.4. The molecule has 2 rings (SSSR count). The van der Waals surface area contributed by atoms with Gasteiger partial charge in [0.1, 0.15) is 12.9 Å². The number of nitrogens with zero attached hydrogens (tertiary/aromatic N) is 3. The Kier molecular flexibility index (Phi) is 4.07. The van der Waals surface area contributed by atoms with Crippen LogP contribution >= 0.6 is 0 Å². The zero-order valence-corrected chi connectivity index (χ0v) is 10.1. The highest BCUT2D eigenvalue weighted by molar-refractivity contribution is 5.88. The second kappa shape index (κ2) is 5.76. The average molecular weight is 270 g/mol. The Morgan fingerprint density at radius 3 is 3.00 bits per heavy atom. The second-order valence-electron chi connectivity index (χ2n) is 4.11. The molecule has 1 aromatic rings. The van der Waals surface area contributed by atoms with Crippen LogP contribution in [0.25, 0.3) is 0 Å². The minimum absolute atomic E-state index is 0.0609. The van der Waals surface area contributed by atoms with Gasteiger partial charge in [0.15, 0.2) is 6.23 Å². The normalized spacial score (nSPS) is 22.5. The summed E-state index contributed by atoms with van der Waals surface area (Å²) in [5, 5.41) is 12.3. The lowest BCUT2D eigenvalue weighted by Gasteiger charge is -2.13.